The van der Waals surface area contributed by atoms with E-state index in [-0.39, 0.29) is 0 Å². The predicted molar refractivity (Wildman–Crippen MR) is 85.6 cm³/mol. The Morgan fingerprint density at radius 1 is 1.10 bits per heavy atom. The van der Waals surface area contributed by atoms with E-state index in [9.17, 15) is 0 Å². The molecule has 4 heteroatoms. The Balaban J connectivity index is 2.15. The molecular formula is C16H18BrNO2. The summed E-state index contributed by atoms with van der Waals surface area (Å²) in [6.07, 6.45) is 0. The van der Waals surface area contributed by atoms with Gasteiger partial charge in [-0.15, -0.1) is 0 Å². The first-order valence-electron chi connectivity index (χ1n) is 6.52. The normalized spacial score (nSPS) is 10.2. The highest BCUT2D eigenvalue weighted by Gasteiger charge is 2.09. The van der Waals surface area contributed by atoms with E-state index in [0.717, 1.165) is 27.2 Å². The van der Waals surface area contributed by atoms with Crippen molar-refractivity contribution in [1.82, 2.24) is 0 Å². The SMILES string of the molecule is CCOc1cc(Br)c(CNc2ccccc2)cc1OC. The Morgan fingerprint density at radius 3 is 2.50 bits per heavy atom. The summed E-state index contributed by atoms with van der Waals surface area (Å²) in [5.41, 5.74) is 2.21. The summed E-state index contributed by atoms with van der Waals surface area (Å²) in [7, 11) is 1.65. The van der Waals surface area contributed by atoms with Crippen LogP contribution in [0.1, 0.15) is 12.5 Å². The van der Waals surface area contributed by atoms with Crippen molar-refractivity contribution in [3.05, 3.63) is 52.5 Å². The van der Waals surface area contributed by atoms with Gasteiger partial charge in [0.1, 0.15) is 0 Å². The second-order valence-corrected chi connectivity index (χ2v) is 5.10. The first-order chi connectivity index (χ1) is 9.74. The molecule has 0 atom stereocenters. The molecule has 0 aromatic heterocycles. The number of methoxy groups -OCH3 is 1. The number of ether oxygens (including phenoxy) is 2. The van der Waals surface area contributed by atoms with Crippen LogP contribution in [0.15, 0.2) is 46.9 Å². The monoisotopic (exact) mass is 335 g/mol. The van der Waals surface area contributed by atoms with Gasteiger partial charge in [0, 0.05) is 16.7 Å². The van der Waals surface area contributed by atoms with E-state index in [1.165, 1.54) is 0 Å². The zero-order chi connectivity index (χ0) is 14.4. The number of nitrogens with one attached hydrogen (secondary N) is 1. The topological polar surface area (TPSA) is 30.5 Å². The number of hydrogen-bond acceptors (Lipinski definition) is 3. The fourth-order valence-electron chi connectivity index (χ4n) is 1.89. The van der Waals surface area contributed by atoms with Crippen LogP contribution in [-0.2, 0) is 6.54 Å². The lowest BCUT2D eigenvalue weighted by atomic mass is 10.2. The smallest absolute Gasteiger partial charge is 0.162 e. The van der Waals surface area contributed by atoms with E-state index in [1.54, 1.807) is 7.11 Å². The van der Waals surface area contributed by atoms with Gasteiger partial charge >= 0.3 is 0 Å². The minimum atomic E-state index is 0.615. The van der Waals surface area contributed by atoms with E-state index in [2.05, 4.69) is 21.2 Å². The molecule has 0 saturated carbocycles. The maximum absolute atomic E-state index is 5.55. The molecule has 2 rings (SSSR count). The lowest BCUT2D eigenvalue weighted by Crippen LogP contribution is -2.02. The summed E-state index contributed by atoms with van der Waals surface area (Å²) in [4.78, 5) is 0. The standard InChI is InChI=1S/C16H18BrNO2/c1-3-20-16-10-14(17)12(9-15(16)19-2)11-18-13-7-5-4-6-8-13/h4-10,18H,3,11H2,1-2H3. The van der Waals surface area contributed by atoms with Gasteiger partial charge in [-0.1, -0.05) is 34.1 Å². The molecule has 1 N–H and O–H groups in total. The lowest BCUT2D eigenvalue weighted by molar-refractivity contribution is 0.310. The first kappa shape index (κ1) is 14.7. The molecule has 2 aromatic carbocycles. The van der Waals surface area contributed by atoms with Crippen molar-refractivity contribution in [3.8, 4) is 11.5 Å². The van der Waals surface area contributed by atoms with Crippen molar-refractivity contribution in [1.29, 1.82) is 0 Å². The van der Waals surface area contributed by atoms with Crippen LogP contribution in [0.2, 0.25) is 0 Å². The fourth-order valence-corrected chi connectivity index (χ4v) is 2.36. The molecule has 20 heavy (non-hydrogen) atoms. The average molecular weight is 336 g/mol. The predicted octanol–water partition coefficient (Wildman–Crippen LogP) is 4.47. The van der Waals surface area contributed by atoms with Crippen LogP contribution in [0.5, 0.6) is 11.5 Å². The van der Waals surface area contributed by atoms with Crippen LogP contribution in [0.25, 0.3) is 0 Å². The largest absolute Gasteiger partial charge is 0.493 e. The highest BCUT2D eigenvalue weighted by molar-refractivity contribution is 9.10. The van der Waals surface area contributed by atoms with Gasteiger partial charge in [0.15, 0.2) is 11.5 Å². The lowest BCUT2D eigenvalue weighted by Gasteiger charge is -2.14. The maximum Gasteiger partial charge on any atom is 0.162 e. The Kier molecular flexibility index (Phi) is 5.30. The third-order valence-electron chi connectivity index (χ3n) is 2.89. The van der Waals surface area contributed by atoms with Gasteiger partial charge < -0.3 is 14.8 Å². The van der Waals surface area contributed by atoms with E-state index in [1.807, 2.05) is 49.4 Å². The number of rotatable bonds is 6. The molecule has 0 fully saturated rings. The molecule has 0 aliphatic carbocycles. The molecule has 0 saturated heterocycles. The maximum atomic E-state index is 5.55. The number of benzene rings is 2. The van der Waals surface area contributed by atoms with E-state index in [0.29, 0.717) is 13.2 Å². The second-order valence-electron chi connectivity index (χ2n) is 4.25. The number of anilines is 1. The van der Waals surface area contributed by atoms with Gasteiger partial charge in [0.05, 0.1) is 13.7 Å². The van der Waals surface area contributed by atoms with E-state index in [4.69, 9.17) is 9.47 Å². The summed E-state index contributed by atoms with van der Waals surface area (Å²) in [6.45, 7) is 3.29. The molecule has 0 spiro atoms. The molecule has 0 heterocycles. The number of para-hydroxylation sites is 1. The third kappa shape index (κ3) is 3.67. The van der Waals surface area contributed by atoms with Crippen LogP contribution in [-0.4, -0.2) is 13.7 Å². The molecule has 0 aliphatic heterocycles. The number of halogens is 1. The number of hydrogen-bond donors (Lipinski definition) is 1. The average Bonchev–Trinajstić information content (AvgIpc) is 2.48. The summed E-state index contributed by atoms with van der Waals surface area (Å²) in [5, 5.41) is 3.38. The summed E-state index contributed by atoms with van der Waals surface area (Å²) >= 11 is 3.58. The van der Waals surface area contributed by atoms with Crippen molar-refractivity contribution in [2.24, 2.45) is 0 Å². The van der Waals surface area contributed by atoms with Crippen LogP contribution in [0.4, 0.5) is 5.69 Å². The minimum absolute atomic E-state index is 0.615. The molecule has 0 bridgehead atoms. The van der Waals surface area contributed by atoms with E-state index >= 15 is 0 Å². The molecular weight excluding hydrogens is 318 g/mol. The van der Waals surface area contributed by atoms with E-state index < -0.39 is 0 Å². The minimum Gasteiger partial charge on any atom is -0.493 e. The van der Waals surface area contributed by atoms with Gasteiger partial charge in [0.25, 0.3) is 0 Å². The quantitative estimate of drug-likeness (QED) is 0.844. The fraction of sp³-hybridized carbons (Fsp3) is 0.250. The molecule has 2 aromatic rings. The summed E-state index contributed by atoms with van der Waals surface area (Å²) in [5.74, 6) is 1.50. The molecule has 0 amide bonds. The third-order valence-corrected chi connectivity index (χ3v) is 3.63. The highest BCUT2D eigenvalue weighted by atomic mass is 79.9. The summed E-state index contributed by atoms with van der Waals surface area (Å²) in [6, 6.07) is 14.0. The molecule has 0 aliphatic rings. The van der Waals surface area contributed by atoms with Crippen molar-refractivity contribution < 1.29 is 9.47 Å². The molecule has 3 nitrogen and oxygen atoms in total. The molecule has 106 valence electrons. The zero-order valence-corrected chi connectivity index (χ0v) is 13.2. The van der Waals surface area contributed by atoms with Gasteiger partial charge in [0.2, 0.25) is 0 Å². The van der Waals surface area contributed by atoms with Crippen molar-refractivity contribution >= 4 is 21.6 Å². The van der Waals surface area contributed by atoms with Crippen LogP contribution in [0, 0.1) is 0 Å². The van der Waals surface area contributed by atoms with Gasteiger partial charge in [-0.3, -0.25) is 0 Å². The zero-order valence-electron chi connectivity index (χ0n) is 11.7. The van der Waals surface area contributed by atoms with Crippen molar-refractivity contribution in [3.63, 3.8) is 0 Å². The Labute approximate surface area is 128 Å². The molecule has 0 radical (unpaired) electrons. The van der Waals surface area contributed by atoms with Gasteiger partial charge in [-0.05, 0) is 36.8 Å². The van der Waals surface area contributed by atoms with Crippen LogP contribution >= 0.6 is 15.9 Å². The summed E-state index contributed by atoms with van der Waals surface area (Å²) < 4.78 is 11.9. The Hall–Kier alpha value is -1.68. The first-order valence-corrected chi connectivity index (χ1v) is 7.32. The van der Waals surface area contributed by atoms with Gasteiger partial charge in [-0.2, -0.15) is 0 Å². The Bertz CT molecular complexity index is 558. The second kappa shape index (κ2) is 7.20. The Morgan fingerprint density at radius 2 is 1.85 bits per heavy atom. The van der Waals surface area contributed by atoms with Gasteiger partial charge in [-0.25, -0.2) is 0 Å². The highest BCUT2D eigenvalue weighted by Crippen LogP contribution is 2.33. The van der Waals surface area contributed by atoms with Crippen molar-refractivity contribution in [2.45, 2.75) is 13.5 Å². The van der Waals surface area contributed by atoms with Crippen molar-refractivity contribution in [2.75, 3.05) is 19.0 Å². The molecule has 0 unspecified atom stereocenters. The van der Waals surface area contributed by atoms with Crippen LogP contribution < -0.4 is 14.8 Å². The van der Waals surface area contributed by atoms with Crippen LogP contribution in [0.3, 0.4) is 0 Å².